The van der Waals surface area contributed by atoms with Crippen LogP contribution in [0, 0.1) is 5.82 Å². The Labute approximate surface area is 126 Å². The quantitative estimate of drug-likeness (QED) is 0.885. The smallest absolute Gasteiger partial charge is 0.129 e. The second kappa shape index (κ2) is 6.72. The molecule has 0 atom stereocenters. The van der Waals surface area contributed by atoms with Gasteiger partial charge in [-0.15, -0.1) is 0 Å². The molecule has 0 amide bonds. The van der Waals surface area contributed by atoms with Crippen molar-refractivity contribution in [3.63, 3.8) is 0 Å². The summed E-state index contributed by atoms with van der Waals surface area (Å²) in [5.74, 6) is 0.556. The number of benzene rings is 2. The van der Waals surface area contributed by atoms with Crippen LogP contribution in [0.15, 0.2) is 48.5 Å². The van der Waals surface area contributed by atoms with Crippen LogP contribution in [-0.2, 0) is 13.2 Å². The van der Waals surface area contributed by atoms with Crippen LogP contribution in [0.5, 0.6) is 5.75 Å². The lowest BCUT2D eigenvalue weighted by molar-refractivity contribution is 0.294. The lowest BCUT2D eigenvalue weighted by Gasteiger charge is -2.21. The Balaban J connectivity index is 2.05. The van der Waals surface area contributed by atoms with Gasteiger partial charge in [0.05, 0.1) is 0 Å². The van der Waals surface area contributed by atoms with Crippen molar-refractivity contribution in [2.24, 2.45) is 0 Å². The van der Waals surface area contributed by atoms with E-state index in [4.69, 9.17) is 4.74 Å². The molecule has 0 unspecified atom stereocenters. The van der Waals surface area contributed by atoms with Crippen LogP contribution in [0.3, 0.4) is 0 Å². The summed E-state index contributed by atoms with van der Waals surface area (Å²) in [5.41, 5.74) is 1.68. The molecule has 3 heteroatoms. The zero-order valence-electron chi connectivity index (χ0n) is 12.8. The van der Waals surface area contributed by atoms with Gasteiger partial charge in [0, 0.05) is 23.2 Å². The van der Waals surface area contributed by atoms with Crippen molar-refractivity contribution in [2.75, 3.05) is 0 Å². The Bertz CT molecular complexity index is 590. The third-order valence-electron chi connectivity index (χ3n) is 3.12. The van der Waals surface area contributed by atoms with E-state index in [2.05, 4.69) is 26.1 Å². The first-order valence-corrected chi connectivity index (χ1v) is 7.15. The minimum absolute atomic E-state index is 0.0403. The minimum atomic E-state index is -0.234. The molecule has 21 heavy (non-hydrogen) atoms. The Hall–Kier alpha value is -1.87. The molecule has 0 aliphatic rings. The van der Waals surface area contributed by atoms with Crippen LogP contribution in [0.25, 0.3) is 0 Å². The number of hydrogen-bond acceptors (Lipinski definition) is 2. The van der Waals surface area contributed by atoms with Gasteiger partial charge in [-0.3, -0.25) is 0 Å². The Morgan fingerprint density at radius 2 is 1.57 bits per heavy atom. The first kappa shape index (κ1) is 15.5. The maximum atomic E-state index is 13.6. The van der Waals surface area contributed by atoms with Crippen LogP contribution in [0.4, 0.5) is 4.39 Å². The van der Waals surface area contributed by atoms with E-state index in [1.54, 1.807) is 12.1 Å². The molecule has 0 saturated heterocycles. The van der Waals surface area contributed by atoms with Crippen LogP contribution >= 0.6 is 0 Å². The molecule has 2 nitrogen and oxygen atoms in total. The monoisotopic (exact) mass is 287 g/mol. The van der Waals surface area contributed by atoms with Crippen molar-refractivity contribution in [2.45, 2.75) is 39.5 Å². The standard InChI is InChI=1S/C18H22FNO/c1-18(2,3)20-12-14-8-5-7-11-17(14)21-13-15-9-4-6-10-16(15)19/h4-11,20H,12-13H2,1-3H3. The normalized spacial score (nSPS) is 11.4. The molecular formula is C18H22FNO. The fraction of sp³-hybridized carbons (Fsp3) is 0.333. The maximum absolute atomic E-state index is 13.6. The molecule has 0 aliphatic carbocycles. The zero-order chi connectivity index (χ0) is 15.3. The SMILES string of the molecule is CC(C)(C)NCc1ccccc1OCc1ccccc1F. The lowest BCUT2D eigenvalue weighted by atomic mass is 10.1. The average Bonchev–Trinajstić information content (AvgIpc) is 2.44. The number of rotatable bonds is 5. The van der Waals surface area contributed by atoms with Gasteiger partial charge in [-0.05, 0) is 32.9 Å². The number of ether oxygens (including phenoxy) is 1. The molecule has 1 N–H and O–H groups in total. The topological polar surface area (TPSA) is 21.3 Å². The summed E-state index contributed by atoms with van der Waals surface area (Å²) in [6.07, 6.45) is 0. The largest absolute Gasteiger partial charge is 0.488 e. The molecule has 112 valence electrons. The van der Waals surface area contributed by atoms with Crippen molar-refractivity contribution in [3.05, 3.63) is 65.5 Å². The maximum Gasteiger partial charge on any atom is 0.129 e. The average molecular weight is 287 g/mol. The van der Waals surface area contributed by atoms with E-state index < -0.39 is 0 Å². The summed E-state index contributed by atoms with van der Waals surface area (Å²) < 4.78 is 19.4. The third-order valence-corrected chi connectivity index (χ3v) is 3.12. The Morgan fingerprint density at radius 1 is 0.952 bits per heavy atom. The molecule has 2 rings (SSSR count). The zero-order valence-corrected chi connectivity index (χ0v) is 12.8. The number of para-hydroxylation sites is 1. The summed E-state index contributed by atoms with van der Waals surface area (Å²) in [4.78, 5) is 0. The molecule has 0 aromatic heterocycles. The van der Waals surface area contributed by atoms with Crippen LogP contribution in [0.1, 0.15) is 31.9 Å². The van der Waals surface area contributed by atoms with Gasteiger partial charge in [0.25, 0.3) is 0 Å². The molecule has 0 bridgehead atoms. The first-order chi connectivity index (χ1) is 9.96. The predicted molar refractivity (Wildman–Crippen MR) is 83.8 cm³/mol. The molecular weight excluding hydrogens is 265 g/mol. The Morgan fingerprint density at radius 3 is 2.24 bits per heavy atom. The van der Waals surface area contributed by atoms with Crippen molar-refractivity contribution >= 4 is 0 Å². The van der Waals surface area contributed by atoms with Crippen LogP contribution < -0.4 is 10.1 Å². The van der Waals surface area contributed by atoms with E-state index in [9.17, 15) is 4.39 Å². The van der Waals surface area contributed by atoms with E-state index in [-0.39, 0.29) is 18.0 Å². The van der Waals surface area contributed by atoms with Crippen LogP contribution in [-0.4, -0.2) is 5.54 Å². The molecule has 0 saturated carbocycles. The van der Waals surface area contributed by atoms with Gasteiger partial charge in [-0.1, -0.05) is 36.4 Å². The van der Waals surface area contributed by atoms with Crippen molar-refractivity contribution in [1.29, 1.82) is 0 Å². The van der Waals surface area contributed by atoms with Crippen molar-refractivity contribution in [3.8, 4) is 5.75 Å². The van der Waals surface area contributed by atoms with E-state index in [1.807, 2.05) is 30.3 Å². The van der Waals surface area contributed by atoms with Gasteiger partial charge < -0.3 is 10.1 Å². The first-order valence-electron chi connectivity index (χ1n) is 7.15. The molecule has 2 aromatic rings. The van der Waals surface area contributed by atoms with Gasteiger partial charge in [-0.2, -0.15) is 0 Å². The second-order valence-corrected chi connectivity index (χ2v) is 6.09. The number of nitrogens with one attached hydrogen (secondary N) is 1. The lowest BCUT2D eigenvalue weighted by Crippen LogP contribution is -2.35. The van der Waals surface area contributed by atoms with Crippen molar-refractivity contribution < 1.29 is 9.13 Å². The molecule has 0 aliphatic heterocycles. The highest BCUT2D eigenvalue weighted by molar-refractivity contribution is 5.33. The molecule has 0 spiro atoms. The summed E-state index contributed by atoms with van der Waals surface area (Å²) in [7, 11) is 0. The highest BCUT2D eigenvalue weighted by Gasteiger charge is 2.11. The van der Waals surface area contributed by atoms with E-state index in [1.165, 1.54) is 6.07 Å². The molecule has 2 aromatic carbocycles. The highest BCUT2D eigenvalue weighted by Crippen LogP contribution is 2.20. The number of hydrogen-bond donors (Lipinski definition) is 1. The Kier molecular flexibility index (Phi) is 4.97. The van der Waals surface area contributed by atoms with E-state index in [0.717, 1.165) is 17.9 Å². The third kappa shape index (κ3) is 4.87. The van der Waals surface area contributed by atoms with Crippen LogP contribution in [0.2, 0.25) is 0 Å². The molecule has 0 fully saturated rings. The molecule has 0 radical (unpaired) electrons. The summed E-state index contributed by atoms with van der Waals surface area (Å²) in [6.45, 7) is 7.32. The van der Waals surface area contributed by atoms with Gasteiger partial charge in [-0.25, -0.2) is 4.39 Å². The predicted octanol–water partition coefficient (Wildman–Crippen LogP) is 4.29. The highest BCUT2D eigenvalue weighted by atomic mass is 19.1. The van der Waals surface area contributed by atoms with E-state index in [0.29, 0.717) is 5.56 Å². The van der Waals surface area contributed by atoms with E-state index >= 15 is 0 Å². The fourth-order valence-electron chi connectivity index (χ4n) is 1.92. The summed E-state index contributed by atoms with van der Waals surface area (Å²) in [6, 6.07) is 14.5. The summed E-state index contributed by atoms with van der Waals surface area (Å²) >= 11 is 0. The summed E-state index contributed by atoms with van der Waals surface area (Å²) in [5, 5.41) is 3.43. The second-order valence-electron chi connectivity index (χ2n) is 6.09. The fourth-order valence-corrected chi connectivity index (χ4v) is 1.92. The van der Waals surface area contributed by atoms with Gasteiger partial charge in [0.2, 0.25) is 0 Å². The van der Waals surface area contributed by atoms with Crippen molar-refractivity contribution in [1.82, 2.24) is 5.32 Å². The van der Waals surface area contributed by atoms with Gasteiger partial charge in [0.15, 0.2) is 0 Å². The van der Waals surface area contributed by atoms with Gasteiger partial charge in [0.1, 0.15) is 18.2 Å². The molecule has 0 heterocycles. The minimum Gasteiger partial charge on any atom is -0.488 e. The number of halogens is 1. The van der Waals surface area contributed by atoms with Gasteiger partial charge >= 0.3 is 0 Å².